The standard InChI is InChI=1S/C52H40Si/c1-51(2)47-28-16-17-29-49(47)52(45-26-14-12-24-43(45)44-25-13-15-27-46(44)52)50-36-38(32-35-48(50)51)37-30-33-42(34-31-37)53(39-18-6-3-7-19-39,40-20-8-4-9-21-40)41-22-10-5-11-23-41/h3-36H,1-2H3. The molecule has 0 radical (unpaired) electrons. The van der Waals surface area contributed by atoms with Crippen molar-refractivity contribution in [3.63, 3.8) is 0 Å². The first-order valence-corrected chi connectivity index (χ1v) is 20.8. The SMILES string of the molecule is CC1(C)c2ccccc2C2(c3ccccc3-c3ccccc32)c2cc(-c3ccc([Si](c4ccccc4)(c4ccccc4)c4ccccc4)cc3)ccc21. The summed E-state index contributed by atoms with van der Waals surface area (Å²) in [5, 5.41) is 5.55. The summed E-state index contributed by atoms with van der Waals surface area (Å²) in [4.78, 5) is 0. The summed E-state index contributed by atoms with van der Waals surface area (Å²) in [5.74, 6) is 0. The third kappa shape index (κ3) is 4.41. The Labute approximate surface area is 314 Å². The fraction of sp³-hybridized carbons (Fsp3) is 0.0769. The van der Waals surface area contributed by atoms with E-state index in [1.54, 1.807) is 0 Å². The second kappa shape index (κ2) is 12.0. The summed E-state index contributed by atoms with van der Waals surface area (Å²) in [6, 6.07) is 77.8. The van der Waals surface area contributed by atoms with E-state index in [0.29, 0.717) is 0 Å². The van der Waals surface area contributed by atoms with E-state index in [4.69, 9.17) is 0 Å². The summed E-state index contributed by atoms with van der Waals surface area (Å²) in [5.41, 5.74) is 12.9. The van der Waals surface area contributed by atoms with Gasteiger partial charge in [0, 0.05) is 5.41 Å². The van der Waals surface area contributed by atoms with Crippen LogP contribution in [0.2, 0.25) is 0 Å². The van der Waals surface area contributed by atoms with Gasteiger partial charge in [0.15, 0.2) is 8.07 Å². The zero-order valence-corrected chi connectivity index (χ0v) is 31.1. The highest BCUT2D eigenvalue weighted by Gasteiger charge is 2.53. The summed E-state index contributed by atoms with van der Waals surface area (Å²) < 4.78 is 0. The number of rotatable bonds is 5. The van der Waals surface area contributed by atoms with Gasteiger partial charge in [-0.1, -0.05) is 214 Å². The van der Waals surface area contributed by atoms with Crippen LogP contribution in [-0.4, -0.2) is 8.07 Å². The Morgan fingerprint density at radius 1 is 0.302 bits per heavy atom. The first-order chi connectivity index (χ1) is 26.1. The normalized spacial score (nSPS) is 14.5. The summed E-state index contributed by atoms with van der Waals surface area (Å²) >= 11 is 0. The molecule has 0 amide bonds. The van der Waals surface area contributed by atoms with Crippen LogP contribution in [0.1, 0.15) is 47.2 Å². The molecule has 8 aromatic rings. The Kier molecular flexibility index (Phi) is 7.19. The second-order valence-corrected chi connectivity index (χ2v) is 19.0. The van der Waals surface area contributed by atoms with Crippen LogP contribution >= 0.6 is 0 Å². The lowest BCUT2D eigenvalue weighted by atomic mass is 9.55. The molecule has 0 bridgehead atoms. The van der Waals surface area contributed by atoms with Crippen LogP contribution in [0.5, 0.6) is 0 Å². The van der Waals surface area contributed by atoms with Crippen molar-refractivity contribution in [3.05, 3.63) is 240 Å². The first kappa shape index (κ1) is 31.7. The van der Waals surface area contributed by atoms with Crippen molar-refractivity contribution >= 4 is 28.8 Å². The molecule has 53 heavy (non-hydrogen) atoms. The monoisotopic (exact) mass is 692 g/mol. The van der Waals surface area contributed by atoms with Crippen LogP contribution in [0.25, 0.3) is 22.3 Å². The maximum atomic E-state index is 2.52. The lowest BCUT2D eigenvalue weighted by Gasteiger charge is -2.46. The molecule has 0 nitrogen and oxygen atoms in total. The molecule has 252 valence electrons. The molecule has 0 N–H and O–H groups in total. The van der Waals surface area contributed by atoms with E-state index in [1.807, 2.05) is 0 Å². The third-order valence-corrected chi connectivity index (χ3v) is 17.1. The predicted molar refractivity (Wildman–Crippen MR) is 225 cm³/mol. The van der Waals surface area contributed by atoms with Gasteiger partial charge in [0.25, 0.3) is 0 Å². The molecule has 2 aliphatic carbocycles. The summed E-state index contributed by atoms with van der Waals surface area (Å²) in [7, 11) is -2.61. The van der Waals surface area contributed by atoms with Crippen molar-refractivity contribution in [2.45, 2.75) is 24.7 Å². The average Bonchev–Trinajstić information content (AvgIpc) is 3.53. The van der Waals surface area contributed by atoms with Gasteiger partial charge in [-0.2, -0.15) is 0 Å². The molecule has 0 aliphatic heterocycles. The van der Waals surface area contributed by atoms with Gasteiger partial charge in [-0.25, -0.2) is 0 Å². The van der Waals surface area contributed by atoms with Crippen LogP contribution in [0.4, 0.5) is 0 Å². The summed E-state index contributed by atoms with van der Waals surface area (Å²) in [6.45, 7) is 4.80. The van der Waals surface area contributed by atoms with E-state index in [2.05, 4.69) is 220 Å². The van der Waals surface area contributed by atoms with Gasteiger partial charge in [0.05, 0.1) is 5.41 Å². The number of hydrogen-bond acceptors (Lipinski definition) is 0. The number of hydrogen-bond donors (Lipinski definition) is 0. The highest BCUT2D eigenvalue weighted by molar-refractivity contribution is 7.19. The molecule has 0 atom stereocenters. The van der Waals surface area contributed by atoms with Crippen LogP contribution < -0.4 is 20.7 Å². The van der Waals surface area contributed by atoms with Gasteiger partial charge in [0.2, 0.25) is 0 Å². The van der Waals surface area contributed by atoms with Gasteiger partial charge >= 0.3 is 0 Å². The Morgan fingerprint density at radius 3 is 1.19 bits per heavy atom. The van der Waals surface area contributed by atoms with Gasteiger partial charge in [-0.3, -0.25) is 0 Å². The van der Waals surface area contributed by atoms with Crippen molar-refractivity contribution in [1.29, 1.82) is 0 Å². The maximum absolute atomic E-state index is 2.61. The molecule has 1 heteroatoms. The number of benzene rings is 8. The second-order valence-electron chi connectivity index (χ2n) is 15.2. The number of fused-ring (bicyclic) bond motifs is 9. The van der Waals surface area contributed by atoms with Crippen LogP contribution in [0.3, 0.4) is 0 Å². The molecule has 0 fully saturated rings. The van der Waals surface area contributed by atoms with E-state index in [9.17, 15) is 0 Å². The minimum atomic E-state index is -2.61. The Morgan fingerprint density at radius 2 is 0.679 bits per heavy atom. The fourth-order valence-corrected chi connectivity index (χ4v) is 14.8. The van der Waals surface area contributed by atoms with E-state index >= 15 is 0 Å². The van der Waals surface area contributed by atoms with Crippen LogP contribution in [-0.2, 0) is 10.8 Å². The average molecular weight is 693 g/mol. The predicted octanol–water partition coefficient (Wildman–Crippen LogP) is 9.73. The van der Waals surface area contributed by atoms with Gasteiger partial charge in [-0.05, 0) is 82.4 Å². The van der Waals surface area contributed by atoms with E-state index in [-0.39, 0.29) is 5.41 Å². The maximum Gasteiger partial charge on any atom is 0.179 e. The van der Waals surface area contributed by atoms with Gasteiger partial charge in [0.1, 0.15) is 0 Å². The first-order valence-electron chi connectivity index (χ1n) is 18.8. The van der Waals surface area contributed by atoms with Crippen molar-refractivity contribution < 1.29 is 0 Å². The Bertz CT molecular complexity index is 2480. The molecule has 8 aromatic carbocycles. The third-order valence-electron chi connectivity index (χ3n) is 12.3. The Balaban J connectivity index is 1.20. The lowest BCUT2D eigenvalue weighted by Crippen LogP contribution is -2.74. The lowest BCUT2D eigenvalue weighted by molar-refractivity contribution is 0.563. The zero-order chi connectivity index (χ0) is 35.6. The Hall–Kier alpha value is -6.02. The molecule has 0 heterocycles. The zero-order valence-electron chi connectivity index (χ0n) is 30.1. The molecular formula is C52H40Si. The van der Waals surface area contributed by atoms with E-state index in [0.717, 1.165) is 0 Å². The van der Waals surface area contributed by atoms with E-state index < -0.39 is 13.5 Å². The smallest absolute Gasteiger partial charge is 0.0623 e. The fourth-order valence-electron chi connectivity index (χ4n) is 10.0. The molecule has 0 saturated carbocycles. The van der Waals surface area contributed by atoms with Gasteiger partial charge < -0.3 is 0 Å². The molecule has 1 spiro atoms. The van der Waals surface area contributed by atoms with Crippen LogP contribution in [0, 0.1) is 0 Å². The van der Waals surface area contributed by atoms with Crippen LogP contribution in [0.15, 0.2) is 206 Å². The molecule has 0 unspecified atom stereocenters. The highest BCUT2D eigenvalue weighted by atomic mass is 28.3. The van der Waals surface area contributed by atoms with Gasteiger partial charge in [-0.15, -0.1) is 0 Å². The van der Waals surface area contributed by atoms with Crippen molar-refractivity contribution in [2.24, 2.45) is 0 Å². The topological polar surface area (TPSA) is 0 Å². The van der Waals surface area contributed by atoms with Crippen molar-refractivity contribution in [3.8, 4) is 22.3 Å². The molecular weight excluding hydrogens is 653 g/mol. The summed E-state index contributed by atoms with van der Waals surface area (Å²) in [6.07, 6.45) is 0. The van der Waals surface area contributed by atoms with Crippen molar-refractivity contribution in [2.75, 3.05) is 0 Å². The minimum Gasteiger partial charge on any atom is -0.0623 e. The largest absolute Gasteiger partial charge is 0.179 e. The quantitative estimate of drug-likeness (QED) is 0.125. The van der Waals surface area contributed by atoms with E-state index in [1.165, 1.54) is 76.4 Å². The molecule has 0 aromatic heterocycles. The highest BCUT2D eigenvalue weighted by Crippen LogP contribution is 2.62. The minimum absolute atomic E-state index is 0.154. The molecule has 2 aliphatic rings. The van der Waals surface area contributed by atoms with Crippen molar-refractivity contribution in [1.82, 2.24) is 0 Å². The molecule has 0 saturated heterocycles. The molecule has 10 rings (SSSR count).